The second-order valence-electron chi connectivity index (χ2n) is 8.47. The fraction of sp³-hybridized carbons (Fsp3) is 0.480. The average molecular weight is 409 g/mol. The van der Waals surface area contributed by atoms with Gasteiger partial charge >= 0.3 is 0 Å². The summed E-state index contributed by atoms with van der Waals surface area (Å²) in [6.45, 7) is 3.78. The first-order chi connectivity index (χ1) is 14.6. The van der Waals surface area contributed by atoms with Crippen molar-refractivity contribution in [2.75, 3.05) is 6.61 Å². The van der Waals surface area contributed by atoms with Crippen molar-refractivity contribution in [1.29, 1.82) is 0 Å². The van der Waals surface area contributed by atoms with Crippen LogP contribution in [0.15, 0.2) is 42.5 Å². The first-order valence-electron chi connectivity index (χ1n) is 11.2. The first kappa shape index (κ1) is 20.7. The summed E-state index contributed by atoms with van der Waals surface area (Å²) in [6.07, 6.45) is 6.59. The molecule has 2 aliphatic rings. The molecule has 1 aliphatic carbocycles. The van der Waals surface area contributed by atoms with Crippen molar-refractivity contribution in [3.8, 4) is 11.5 Å². The van der Waals surface area contributed by atoms with E-state index in [1.807, 2.05) is 19.1 Å². The van der Waals surface area contributed by atoms with Crippen LogP contribution in [0.25, 0.3) is 0 Å². The van der Waals surface area contributed by atoms with E-state index >= 15 is 0 Å². The van der Waals surface area contributed by atoms with Crippen LogP contribution in [0.2, 0.25) is 0 Å². The molecule has 160 valence electrons. The Morgan fingerprint density at radius 1 is 1.13 bits per heavy atom. The molecule has 2 aromatic carbocycles. The lowest BCUT2D eigenvalue weighted by atomic mass is 9.91. The van der Waals surface area contributed by atoms with Crippen molar-refractivity contribution in [1.82, 2.24) is 10.2 Å². The highest BCUT2D eigenvalue weighted by Gasteiger charge is 2.32. The van der Waals surface area contributed by atoms with E-state index in [0.717, 1.165) is 31.4 Å². The molecule has 0 aromatic heterocycles. The summed E-state index contributed by atoms with van der Waals surface area (Å²) < 4.78 is 5.55. The van der Waals surface area contributed by atoms with Gasteiger partial charge in [0.25, 0.3) is 0 Å². The highest BCUT2D eigenvalue weighted by atomic mass is 16.5. The predicted molar refractivity (Wildman–Crippen MR) is 117 cm³/mol. The minimum absolute atomic E-state index is 0.139. The Morgan fingerprint density at radius 2 is 1.90 bits per heavy atom. The molecule has 0 radical (unpaired) electrons. The predicted octanol–water partition coefficient (Wildman–Crippen LogP) is 4.17. The number of carbonyl (C=O) groups excluding carboxylic acids is 1. The Labute approximate surface area is 179 Å². The zero-order valence-electron chi connectivity index (χ0n) is 17.8. The van der Waals surface area contributed by atoms with Crippen LogP contribution in [-0.2, 0) is 24.3 Å². The summed E-state index contributed by atoms with van der Waals surface area (Å²) in [7, 11) is 0. The molecule has 2 N–H and O–H groups in total. The Hall–Kier alpha value is -2.53. The molecule has 2 aromatic rings. The van der Waals surface area contributed by atoms with Gasteiger partial charge in [0.1, 0.15) is 0 Å². The molecule has 4 rings (SSSR count). The lowest BCUT2D eigenvalue weighted by molar-refractivity contribution is -0.128. The van der Waals surface area contributed by atoms with E-state index in [9.17, 15) is 9.90 Å². The third-order valence-corrected chi connectivity index (χ3v) is 6.31. The van der Waals surface area contributed by atoms with Gasteiger partial charge in [-0.1, -0.05) is 49.6 Å². The van der Waals surface area contributed by atoms with Gasteiger partial charge in [0, 0.05) is 19.1 Å². The van der Waals surface area contributed by atoms with Gasteiger partial charge in [-0.15, -0.1) is 0 Å². The molecule has 30 heavy (non-hydrogen) atoms. The lowest BCUT2D eigenvalue weighted by Gasteiger charge is -2.37. The van der Waals surface area contributed by atoms with Crippen molar-refractivity contribution >= 4 is 5.91 Å². The van der Waals surface area contributed by atoms with E-state index in [1.54, 1.807) is 6.07 Å². The van der Waals surface area contributed by atoms with Gasteiger partial charge in [0.2, 0.25) is 5.91 Å². The van der Waals surface area contributed by atoms with Crippen LogP contribution in [0.5, 0.6) is 11.5 Å². The second kappa shape index (κ2) is 9.52. The van der Waals surface area contributed by atoms with E-state index in [4.69, 9.17) is 4.74 Å². The molecule has 1 saturated carbocycles. The van der Waals surface area contributed by atoms with Gasteiger partial charge in [-0.3, -0.25) is 9.69 Å². The van der Waals surface area contributed by atoms with Gasteiger partial charge in [0.05, 0.1) is 12.6 Å². The number of hydrogen-bond acceptors (Lipinski definition) is 4. The number of rotatable bonds is 6. The molecule has 5 nitrogen and oxygen atoms in total. The van der Waals surface area contributed by atoms with Gasteiger partial charge in [0.15, 0.2) is 11.5 Å². The van der Waals surface area contributed by atoms with Crippen LogP contribution in [0.1, 0.15) is 55.7 Å². The Kier molecular flexibility index (Phi) is 6.58. The number of phenols is 1. The van der Waals surface area contributed by atoms with Gasteiger partial charge in [-0.05, 0) is 55.0 Å². The van der Waals surface area contributed by atoms with Crippen molar-refractivity contribution in [2.45, 2.75) is 70.6 Å². The first-order valence-corrected chi connectivity index (χ1v) is 11.2. The van der Waals surface area contributed by atoms with E-state index in [2.05, 4.69) is 34.5 Å². The zero-order valence-corrected chi connectivity index (χ0v) is 17.8. The van der Waals surface area contributed by atoms with Gasteiger partial charge < -0.3 is 15.2 Å². The Bertz CT molecular complexity index is 876. The fourth-order valence-corrected chi connectivity index (χ4v) is 4.71. The number of ether oxygens (including phenoxy) is 1. The maximum Gasteiger partial charge on any atom is 0.237 e. The standard InChI is InChI=1S/C25H32N2O3/c1-2-30-24-14-18(12-13-23(24)28)16-27-17-20-9-7-6-8-19(20)15-22(27)25(29)26-21-10-4-3-5-11-21/h6-9,12-14,21-22,28H,2-5,10-11,15-17H2,1H3,(H,26,29)/t22-/m0/s1. The van der Waals surface area contributed by atoms with Gasteiger partial charge in [-0.2, -0.15) is 0 Å². The third-order valence-electron chi connectivity index (χ3n) is 6.31. The molecular weight excluding hydrogens is 376 g/mol. The number of hydrogen-bond donors (Lipinski definition) is 2. The Morgan fingerprint density at radius 3 is 2.67 bits per heavy atom. The summed E-state index contributed by atoms with van der Waals surface area (Å²) in [5.74, 6) is 0.784. The molecule has 0 bridgehead atoms. The fourth-order valence-electron chi connectivity index (χ4n) is 4.71. The summed E-state index contributed by atoms with van der Waals surface area (Å²) in [5, 5.41) is 13.4. The number of nitrogens with one attached hydrogen (secondary N) is 1. The minimum Gasteiger partial charge on any atom is -0.504 e. The smallest absolute Gasteiger partial charge is 0.237 e. The molecule has 1 fully saturated rings. The van der Waals surface area contributed by atoms with Crippen LogP contribution < -0.4 is 10.1 Å². The molecule has 1 heterocycles. The number of benzene rings is 2. The summed E-state index contributed by atoms with van der Waals surface area (Å²) in [5.41, 5.74) is 3.58. The maximum absolute atomic E-state index is 13.3. The van der Waals surface area contributed by atoms with E-state index in [0.29, 0.717) is 24.9 Å². The highest BCUT2D eigenvalue weighted by molar-refractivity contribution is 5.82. The molecule has 1 aliphatic heterocycles. The number of amides is 1. The molecular formula is C25H32N2O3. The number of aromatic hydroxyl groups is 1. The molecule has 0 spiro atoms. The van der Waals surface area contributed by atoms with Gasteiger partial charge in [-0.25, -0.2) is 0 Å². The normalized spacial score (nSPS) is 19.8. The number of carbonyl (C=O) groups is 1. The SMILES string of the molecule is CCOc1cc(CN2Cc3ccccc3C[C@H]2C(=O)NC2CCCCC2)ccc1O. The average Bonchev–Trinajstić information content (AvgIpc) is 2.76. The molecule has 0 unspecified atom stereocenters. The molecule has 1 amide bonds. The van der Waals surface area contributed by atoms with Crippen LogP contribution >= 0.6 is 0 Å². The van der Waals surface area contributed by atoms with Crippen molar-refractivity contribution in [3.63, 3.8) is 0 Å². The van der Waals surface area contributed by atoms with E-state index in [-0.39, 0.29) is 17.7 Å². The van der Waals surface area contributed by atoms with Crippen molar-refractivity contribution < 1.29 is 14.6 Å². The van der Waals surface area contributed by atoms with Crippen LogP contribution in [0, 0.1) is 0 Å². The molecule has 0 saturated heterocycles. The quantitative estimate of drug-likeness (QED) is 0.753. The van der Waals surface area contributed by atoms with E-state index in [1.165, 1.54) is 30.4 Å². The lowest BCUT2D eigenvalue weighted by Crippen LogP contribution is -2.52. The van der Waals surface area contributed by atoms with Crippen molar-refractivity contribution in [3.05, 3.63) is 59.2 Å². The topological polar surface area (TPSA) is 61.8 Å². The minimum atomic E-state index is -0.189. The largest absolute Gasteiger partial charge is 0.504 e. The van der Waals surface area contributed by atoms with Crippen LogP contribution in [-0.4, -0.2) is 34.6 Å². The molecule has 5 heteroatoms. The summed E-state index contributed by atoms with van der Waals surface area (Å²) in [6, 6.07) is 14.0. The molecule has 1 atom stereocenters. The van der Waals surface area contributed by atoms with Crippen LogP contribution in [0.4, 0.5) is 0 Å². The summed E-state index contributed by atoms with van der Waals surface area (Å²) in [4.78, 5) is 15.5. The van der Waals surface area contributed by atoms with Crippen molar-refractivity contribution in [2.24, 2.45) is 0 Å². The zero-order chi connectivity index (χ0) is 20.9. The number of fused-ring (bicyclic) bond motifs is 1. The van der Waals surface area contributed by atoms with Crippen LogP contribution in [0.3, 0.4) is 0 Å². The number of phenolic OH excluding ortho intramolecular Hbond substituents is 1. The number of nitrogens with zero attached hydrogens (tertiary/aromatic N) is 1. The monoisotopic (exact) mass is 408 g/mol. The third kappa shape index (κ3) is 4.78. The van der Waals surface area contributed by atoms with E-state index < -0.39 is 0 Å². The summed E-state index contributed by atoms with van der Waals surface area (Å²) >= 11 is 0. The second-order valence-corrected chi connectivity index (χ2v) is 8.47. The maximum atomic E-state index is 13.3. The highest BCUT2D eigenvalue weighted by Crippen LogP contribution is 2.30. The Balaban J connectivity index is 1.54.